The molecule has 1 aromatic rings. The first-order chi connectivity index (χ1) is 9.88. The SMILES string of the molecule is CC(C)S(=O)(=O)CCC(CNC1CC1)c1ccc(Cl)cc1. The van der Waals surface area contributed by atoms with Crippen LogP contribution in [0.15, 0.2) is 24.3 Å². The molecular weight excluding hydrogens is 306 g/mol. The molecule has 118 valence electrons. The van der Waals surface area contributed by atoms with Crippen LogP contribution in [0.4, 0.5) is 0 Å². The van der Waals surface area contributed by atoms with Crippen LogP contribution < -0.4 is 5.32 Å². The molecule has 3 nitrogen and oxygen atoms in total. The van der Waals surface area contributed by atoms with Gasteiger partial charge in [-0.25, -0.2) is 8.42 Å². The Morgan fingerprint density at radius 1 is 1.24 bits per heavy atom. The highest BCUT2D eigenvalue weighted by atomic mass is 35.5. The molecular formula is C16H24ClNO2S. The molecule has 1 atom stereocenters. The lowest BCUT2D eigenvalue weighted by Gasteiger charge is -2.19. The summed E-state index contributed by atoms with van der Waals surface area (Å²) in [6.45, 7) is 4.32. The van der Waals surface area contributed by atoms with Crippen LogP contribution in [0, 0.1) is 0 Å². The predicted octanol–water partition coefficient (Wildman–Crippen LogP) is 3.39. The molecule has 0 aliphatic heterocycles. The van der Waals surface area contributed by atoms with E-state index in [0.717, 1.165) is 12.1 Å². The van der Waals surface area contributed by atoms with Gasteiger partial charge in [0.05, 0.1) is 11.0 Å². The van der Waals surface area contributed by atoms with Gasteiger partial charge in [-0.2, -0.15) is 0 Å². The summed E-state index contributed by atoms with van der Waals surface area (Å²) in [4.78, 5) is 0. The molecule has 0 heterocycles. The van der Waals surface area contributed by atoms with Gasteiger partial charge in [0.15, 0.2) is 9.84 Å². The van der Waals surface area contributed by atoms with E-state index >= 15 is 0 Å². The molecule has 21 heavy (non-hydrogen) atoms. The van der Waals surface area contributed by atoms with E-state index in [2.05, 4.69) is 5.32 Å². The molecule has 0 spiro atoms. The van der Waals surface area contributed by atoms with Crippen LogP contribution in [0.3, 0.4) is 0 Å². The second kappa shape index (κ2) is 7.12. The topological polar surface area (TPSA) is 46.2 Å². The third-order valence-corrected chi connectivity index (χ3v) is 6.53. The maximum Gasteiger partial charge on any atom is 0.152 e. The molecule has 1 unspecified atom stereocenters. The number of hydrogen-bond acceptors (Lipinski definition) is 3. The number of nitrogens with one attached hydrogen (secondary N) is 1. The highest BCUT2D eigenvalue weighted by Crippen LogP contribution is 2.25. The quantitative estimate of drug-likeness (QED) is 0.795. The maximum atomic E-state index is 12.0. The van der Waals surface area contributed by atoms with Gasteiger partial charge in [-0.1, -0.05) is 23.7 Å². The third-order valence-electron chi connectivity index (χ3n) is 4.04. The molecule has 0 amide bonds. The summed E-state index contributed by atoms with van der Waals surface area (Å²) in [5.74, 6) is 0.459. The smallest absolute Gasteiger partial charge is 0.152 e. The van der Waals surface area contributed by atoms with E-state index in [9.17, 15) is 8.42 Å². The van der Waals surface area contributed by atoms with Gasteiger partial charge in [-0.15, -0.1) is 0 Å². The van der Waals surface area contributed by atoms with Crippen LogP contribution in [0.5, 0.6) is 0 Å². The minimum Gasteiger partial charge on any atom is -0.313 e. The van der Waals surface area contributed by atoms with Crippen molar-refractivity contribution in [2.24, 2.45) is 0 Å². The van der Waals surface area contributed by atoms with Crippen LogP contribution in [0.25, 0.3) is 0 Å². The van der Waals surface area contributed by atoms with E-state index in [-0.39, 0.29) is 16.9 Å². The lowest BCUT2D eigenvalue weighted by atomic mass is 9.96. The minimum absolute atomic E-state index is 0.219. The van der Waals surface area contributed by atoms with E-state index in [0.29, 0.717) is 17.5 Å². The molecule has 1 fully saturated rings. The van der Waals surface area contributed by atoms with Crippen LogP contribution in [-0.4, -0.2) is 32.0 Å². The molecule has 0 aromatic heterocycles. The molecule has 0 bridgehead atoms. The first-order valence-electron chi connectivity index (χ1n) is 7.59. The average molecular weight is 330 g/mol. The van der Waals surface area contributed by atoms with Crippen LogP contribution in [0.2, 0.25) is 5.02 Å². The van der Waals surface area contributed by atoms with Crippen molar-refractivity contribution in [3.63, 3.8) is 0 Å². The Kier molecular flexibility index (Phi) is 5.69. The number of hydrogen-bond donors (Lipinski definition) is 1. The van der Waals surface area contributed by atoms with E-state index in [1.54, 1.807) is 13.8 Å². The van der Waals surface area contributed by atoms with Crippen molar-refractivity contribution in [2.75, 3.05) is 12.3 Å². The fraction of sp³-hybridized carbons (Fsp3) is 0.625. The van der Waals surface area contributed by atoms with Crippen molar-refractivity contribution in [1.82, 2.24) is 5.32 Å². The first kappa shape index (κ1) is 16.8. The Bertz CT molecular complexity index is 550. The first-order valence-corrected chi connectivity index (χ1v) is 9.68. The van der Waals surface area contributed by atoms with Crippen molar-refractivity contribution >= 4 is 21.4 Å². The Balaban J connectivity index is 2.02. The maximum absolute atomic E-state index is 12.0. The summed E-state index contributed by atoms with van der Waals surface area (Å²) in [6, 6.07) is 8.38. The molecule has 1 saturated carbocycles. The molecule has 5 heteroatoms. The Morgan fingerprint density at radius 3 is 2.38 bits per heavy atom. The standard InChI is InChI=1S/C16H24ClNO2S/c1-12(2)21(19,20)10-9-14(11-18-16-7-8-16)13-3-5-15(17)6-4-13/h3-6,12,14,16,18H,7-11H2,1-2H3. The van der Waals surface area contributed by atoms with Crippen molar-refractivity contribution in [3.8, 4) is 0 Å². The predicted molar refractivity (Wildman–Crippen MR) is 88.8 cm³/mol. The summed E-state index contributed by atoms with van der Waals surface area (Å²) in [7, 11) is -2.99. The molecule has 1 aliphatic carbocycles. The second-order valence-corrected chi connectivity index (χ2v) is 9.25. The van der Waals surface area contributed by atoms with Crippen molar-refractivity contribution < 1.29 is 8.42 Å². The highest BCUT2D eigenvalue weighted by molar-refractivity contribution is 7.91. The van der Waals surface area contributed by atoms with Crippen LogP contribution >= 0.6 is 11.6 Å². The van der Waals surface area contributed by atoms with Gasteiger partial charge in [0.2, 0.25) is 0 Å². The van der Waals surface area contributed by atoms with Gasteiger partial charge >= 0.3 is 0 Å². The monoisotopic (exact) mass is 329 g/mol. The van der Waals surface area contributed by atoms with E-state index in [1.807, 2.05) is 24.3 Å². The van der Waals surface area contributed by atoms with Crippen molar-refractivity contribution in [2.45, 2.75) is 50.3 Å². The summed E-state index contributed by atoms with van der Waals surface area (Å²) in [6.07, 6.45) is 3.12. The lowest BCUT2D eigenvalue weighted by Crippen LogP contribution is -2.26. The third kappa shape index (κ3) is 5.28. The van der Waals surface area contributed by atoms with E-state index in [1.165, 1.54) is 12.8 Å². The van der Waals surface area contributed by atoms with Gasteiger partial charge < -0.3 is 5.32 Å². The molecule has 1 aliphatic rings. The van der Waals surface area contributed by atoms with Gasteiger partial charge in [-0.3, -0.25) is 0 Å². The zero-order chi connectivity index (χ0) is 15.5. The van der Waals surface area contributed by atoms with Crippen LogP contribution in [0.1, 0.15) is 44.6 Å². The molecule has 1 aromatic carbocycles. The van der Waals surface area contributed by atoms with E-state index in [4.69, 9.17) is 11.6 Å². The largest absolute Gasteiger partial charge is 0.313 e. The van der Waals surface area contributed by atoms with Gasteiger partial charge in [0, 0.05) is 17.6 Å². The van der Waals surface area contributed by atoms with Gasteiger partial charge in [0.1, 0.15) is 0 Å². The number of sulfone groups is 1. The normalized spacial score (nSPS) is 17.1. The van der Waals surface area contributed by atoms with Crippen molar-refractivity contribution in [3.05, 3.63) is 34.9 Å². The zero-order valence-corrected chi connectivity index (χ0v) is 14.3. The lowest BCUT2D eigenvalue weighted by molar-refractivity contribution is 0.550. The molecule has 0 saturated heterocycles. The fourth-order valence-electron chi connectivity index (χ4n) is 2.26. The number of rotatable bonds is 8. The summed E-state index contributed by atoms with van der Waals surface area (Å²) >= 11 is 5.93. The Morgan fingerprint density at radius 2 is 1.86 bits per heavy atom. The molecule has 0 radical (unpaired) electrons. The van der Waals surface area contributed by atoms with Gasteiger partial charge in [-0.05, 0) is 56.7 Å². The minimum atomic E-state index is -2.99. The Hall–Kier alpha value is -0.580. The van der Waals surface area contributed by atoms with Crippen LogP contribution in [-0.2, 0) is 9.84 Å². The average Bonchev–Trinajstić information content (AvgIpc) is 3.24. The number of benzene rings is 1. The number of halogens is 1. The van der Waals surface area contributed by atoms with Gasteiger partial charge in [0.25, 0.3) is 0 Å². The fourth-order valence-corrected chi connectivity index (χ4v) is 3.47. The zero-order valence-electron chi connectivity index (χ0n) is 12.7. The summed E-state index contributed by atoms with van der Waals surface area (Å²) in [5, 5.41) is 3.91. The molecule has 2 rings (SSSR count). The summed E-state index contributed by atoms with van der Waals surface area (Å²) in [5.41, 5.74) is 1.16. The Labute approximate surface area is 133 Å². The second-order valence-electron chi connectivity index (χ2n) is 6.14. The van der Waals surface area contributed by atoms with E-state index < -0.39 is 9.84 Å². The van der Waals surface area contributed by atoms with Crippen molar-refractivity contribution in [1.29, 1.82) is 0 Å². The molecule has 1 N–H and O–H groups in total. The highest BCUT2D eigenvalue weighted by Gasteiger charge is 2.24. The summed E-state index contributed by atoms with van der Waals surface area (Å²) < 4.78 is 24.1.